The van der Waals surface area contributed by atoms with Gasteiger partial charge in [-0.3, -0.25) is 4.90 Å². The van der Waals surface area contributed by atoms with Gasteiger partial charge in [0.1, 0.15) is 0 Å². The Morgan fingerprint density at radius 1 is 1.19 bits per heavy atom. The molecular formula is C14H30N2. The Bertz CT molecular complexity index is 189. The van der Waals surface area contributed by atoms with Crippen molar-refractivity contribution < 1.29 is 0 Å². The molecule has 1 aliphatic heterocycles. The molecule has 1 fully saturated rings. The van der Waals surface area contributed by atoms with Crippen LogP contribution in [-0.2, 0) is 0 Å². The highest BCUT2D eigenvalue weighted by Crippen LogP contribution is 2.16. The molecule has 2 atom stereocenters. The Hall–Kier alpha value is -0.0800. The molecule has 0 saturated carbocycles. The van der Waals surface area contributed by atoms with Crippen molar-refractivity contribution in [2.24, 2.45) is 11.8 Å². The summed E-state index contributed by atoms with van der Waals surface area (Å²) in [5.41, 5.74) is 0. The van der Waals surface area contributed by atoms with E-state index in [9.17, 15) is 0 Å². The van der Waals surface area contributed by atoms with Crippen LogP contribution >= 0.6 is 0 Å². The van der Waals surface area contributed by atoms with Crippen LogP contribution in [0.2, 0.25) is 0 Å². The highest BCUT2D eigenvalue weighted by Gasteiger charge is 2.23. The zero-order valence-corrected chi connectivity index (χ0v) is 11.8. The van der Waals surface area contributed by atoms with Gasteiger partial charge in [0.05, 0.1) is 0 Å². The van der Waals surface area contributed by atoms with Crippen LogP contribution in [0.15, 0.2) is 0 Å². The lowest BCUT2D eigenvalue weighted by molar-refractivity contribution is 0.172. The molecule has 0 spiro atoms. The lowest BCUT2D eigenvalue weighted by atomic mass is 10.0. The van der Waals surface area contributed by atoms with Crippen molar-refractivity contribution in [3.63, 3.8) is 0 Å². The largest absolute Gasteiger partial charge is 0.312 e. The van der Waals surface area contributed by atoms with Gasteiger partial charge in [0, 0.05) is 18.6 Å². The van der Waals surface area contributed by atoms with Crippen LogP contribution in [-0.4, -0.2) is 36.6 Å². The first-order valence-corrected chi connectivity index (χ1v) is 6.98. The van der Waals surface area contributed by atoms with Crippen LogP contribution in [0.25, 0.3) is 0 Å². The second-order valence-electron chi connectivity index (χ2n) is 6.13. The topological polar surface area (TPSA) is 15.3 Å². The smallest absolute Gasteiger partial charge is 0.0218 e. The monoisotopic (exact) mass is 226 g/mol. The first kappa shape index (κ1) is 14.0. The third kappa shape index (κ3) is 4.42. The molecule has 2 unspecified atom stereocenters. The quantitative estimate of drug-likeness (QED) is 0.793. The molecule has 1 heterocycles. The van der Waals surface area contributed by atoms with Gasteiger partial charge < -0.3 is 5.32 Å². The fourth-order valence-corrected chi connectivity index (χ4v) is 2.66. The molecule has 1 aliphatic rings. The molecule has 1 rings (SSSR count). The molecule has 2 heteroatoms. The Labute approximate surface area is 102 Å². The number of hydrogen-bond donors (Lipinski definition) is 1. The van der Waals surface area contributed by atoms with Crippen molar-refractivity contribution in [3.05, 3.63) is 0 Å². The van der Waals surface area contributed by atoms with E-state index in [4.69, 9.17) is 0 Å². The zero-order chi connectivity index (χ0) is 12.1. The maximum absolute atomic E-state index is 3.68. The predicted octanol–water partition coefficient (Wildman–Crippen LogP) is 2.74. The van der Waals surface area contributed by atoms with Gasteiger partial charge in [-0.05, 0) is 44.7 Å². The van der Waals surface area contributed by atoms with Crippen LogP contribution in [0.1, 0.15) is 47.5 Å². The van der Waals surface area contributed by atoms with Crippen molar-refractivity contribution in [3.8, 4) is 0 Å². The molecule has 0 aromatic carbocycles. The second-order valence-corrected chi connectivity index (χ2v) is 6.13. The molecule has 0 aromatic rings. The number of hydrogen-bond acceptors (Lipinski definition) is 2. The van der Waals surface area contributed by atoms with Gasteiger partial charge in [-0.15, -0.1) is 0 Å². The van der Waals surface area contributed by atoms with Crippen LogP contribution < -0.4 is 5.32 Å². The maximum atomic E-state index is 3.68. The molecule has 0 amide bonds. The lowest BCUT2D eigenvalue weighted by Crippen LogP contribution is -2.44. The van der Waals surface area contributed by atoms with Gasteiger partial charge in [0.2, 0.25) is 0 Å². The summed E-state index contributed by atoms with van der Waals surface area (Å²) in [4.78, 5) is 2.69. The van der Waals surface area contributed by atoms with Gasteiger partial charge in [0.25, 0.3) is 0 Å². The summed E-state index contributed by atoms with van der Waals surface area (Å²) in [5.74, 6) is 1.55. The third-order valence-electron chi connectivity index (χ3n) is 3.70. The molecule has 0 aliphatic carbocycles. The average Bonchev–Trinajstić information content (AvgIpc) is 2.41. The summed E-state index contributed by atoms with van der Waals surface area (Å²) in [6.45, 7) is 15.4. The number of nitrogens with one attached hydrogen (secondary N) is 1. The highest BCUT2D eigenvalue weighted by molar-refractivity contribution is 4.81. The third-order valence-corrected chi connectivity index (χ3v) is 3.70. The lowest BCUT2D eigenvalue weighted by Gasteiger charge is -2.32. The fourth-order valence-electron chi connectivity index (χ4n) is 2.66. The van der Waals surface area contributed by atoms with E-state index in [1.54, 1.807) is 0 Å². The Kier molecular flexibility index (Phi) is 5.77. The minimum Gasteiger partial charge on any atom is -0.312 e. The van der Waals surface area contributed by atoms with Crippen molar-refractivity contribution in [1.82, 2.24) is 10.2 Å². The molecule has 2 nitrogen and oxygen atoms in total. The van der Waals surface area contributed by atoms with E-state index in [2.05, 4.69) is 44.8 Å². The van der Waals surface area contributed by atoms with Crippen LogP contribution in [0.3, 0.4) is 0 Å². The molecule has 96 valence electrons. The van der Waals surface area contributed by atoms with Crippen molar-refractivity contribution >= 4 is 0 Å². The molecule has 0 aromatic heterocycles. The summed E-state index contributed by atoms with van der Waals surface area (Å²) < 4.78 is 0. The summed E-state index contributed by atoms with van der Waals surface area (Å²) in [7, 11) is 0. The highest BCUT2D eigenvalue weighted by atomic mass is 15.2. The van der Waals surface area contributed by atoms with Crippen molar-refractivity contribution in [2.45, 2.75) is 59.5 Å². The van der Waals surface area contributed by atoms with Gasteiger partial charge in [-0.1, -0.05) is 27.7 Å². The average molecular weight is 226 g/mol. The zero-order valence-electron chi connectivity index (χ0n) is 11.8. The summed E-state index contributed by atoms with van der Waals surface area (Å²) in [6.07, 6.45) is 2.62. The molecule has 16 heavy (non-hydrogen) atoms. The molecule has 0 bridgehead atoms. The first-order chi connectivity index (χ1) is 7.50. The van der Waals surface area contributed by atoms with Gasteiger partial charge in [-0.2, -0.15) is 0 Å². The van der Waals surface area contributed by atoms with Crippen LogP contribution in [0, 0.1) is 11.8 Å². The van der Waals surface area contributed by atoms with Gasteiger partial charge >= 0.3 is 0 Å². The standard InChI is InChI=1S/C14H30N2/c1-11(2)9-13(5)16-8-6-7-15-14(10-16)12(3)4/h11-15H,6-10H2,1-5H3. The van der Waals surface area contributed by atoms with Crippen LogP contribution in [0.5, 0.6) is 0 Å². The van der Waals surface area contributed by atoms with E-state index < -0.39 is 0 Å². The van der Waals surface area contributed by atoms with E-state index in [1.807, 2.05) is 0 Å². The fraction of sp³-hybridized carbons (Fsp3) is 1.00. The Morgan fingerprint density at radius 2 is 1.88 bits per heavy atom. The second kappa shape index (κ2) is 6.61. The first-order valence-electron chi connectivity index (χ1n) is 6.98. The normalized spacial score (nSPS) is 26.1. The SMILES string of the molecule is CC(C)CC(C)N1CCCNC(C(C)C)C1. The van der Waals surface area contributed by atoms with Crippen molar-refractivity contribution in [1.29, 1.82) is 0 Å². The Morgan fingerprint density at radius 3 is 2.44 bits per heavy atom. The van der Waals surface area contributed by atoms with E-state index in [0.29, 0.717) is 6.04 Å². The molecule has 0 radical (unpaired) electrons. The Balaban J connectivity index is 2.50. The van der Waals surface area contributed by atoms with E-state index in [-0.39, 0.29) is 0 Å². The molecular weight excluding hydrogens is 196 g/mol. The van der Waals surface area contributed by atoms with Crippen molar-refractivity contribution in [2.75, 3.05) is 19.6 Å². The minimum absolute atomic E-state index is 0.678. The summed E-state index contributed by atoms with van der Waals surface area (Å²) >= 11 is 0. The predicted molar refractivity (Wildman–Crippen MR) is 71.7 cm³/mol. The molecule has 1 saturated heterocycles. The number of rotatable bonds is 4. The minimum atomic E-state index is 0.678. The van der Waals surface area contributed by atoms with Gasteiger partial charge in [-0.25, -0.2) is 0 Å². The van der Waals surface area contributed by atoms with Crippen LogP contribution in [0.4, 0.5) is 0 Å². The van der Waals surface area contributed by atoms with Gasteiger partial charge in [0.15, 0.2) is 0 Å². The number of nitrogens with zero attached hydrogens (tertiary/aromatic N) is 1. The van der Waals surface area contributed by atoms with E-state index in [1.165, 1.54) is 32.5 Å². The maximum Gasteiger partial charge on any atom is 0.0218 e. The van der Waals surface area contributed by atoms with E-state index in [0.717, 1.165) is 17.9 Å². The van der Waals surface area contributed by atoms with E-state index >= 15 is 0 Å². The molecule has 1 N–H and O–H groups in total. The summed E-state index contributed by atoms with van der Waals surface area (Å²) in [6, 6.07) is 1.42. The summed E-state index contributed by atoms with van der Waals surface area (Å²) in [5, 5.41) is 3.68.